The Balaban J connectivity index is 2.06. The van der Waals surface area contributed by atoms with Crippen LogP contribution in [0.1, 0.15) is 6.42 Å². The summed E-state index contributed by atoms with van der Waals surface area (Å²) < 4.78 is 0. The number of nitrogens with one attached hydrogen (secondary N) is 1. The van der Waals surface area contributed by atoms with Gasteiger partial charge in [0.15, 0.2) is 0 Å². The highest BCUT2D eigenvalue weighted by Gasteiger charge is 2.08. The topological polar surface area (TPSA) is 39.1 Å². The van der Waals surface area contributed by atoms with Gasteiger partial charge in [-0.05, 0) is 0 Å². The second-order valence-electron chi connectivity index (χ2n) is 2.18. The molecule has 1 fully saturated rings. The SMILES string of the molecule is N#CCCN1CCNC1. The van der Waals surface area contributed by atoms with Crippen LogP contribution in [0.3, 0.4) is 0 Å². The molecule has 0 aliphatic carbocycles. The Hall–Kier alpha value is -0.590. The van der Waals surface area contributed by atoms with Crippen LogP contribution in [0.15, 0.2) is 0 Å². The molecule has 0 spiro atoms. The molecule has 0 atom stereocenters. The molecule has 50 valence electrons. The lowest BCUT2D eigenvalue weighted by atomic mass is 10.4. The van der Waals surface area contributed by atoms with Gasteiger partial charge < -0.3 is 5.32 Å². The van der Waals surface area contributed by atoms with Crippen LogP contribution < -0.4 is 5.32 Å². The first-order valence-corrected chi connectivity index (χ1v) is 3.23. The summed E-state index contributed by atoms with van der Waals surface area (Å²) in [5, 5.41) is 11.4. The minimum absolute atomic E-state index is 0.654. The Morgan fingerprint density at radius 2 is 2.56 bits per heavy atom. The van der Waals surface area contributed by atoms with E-state index in [1.807, 2.05) is 0 Å². The van der Waals surface area contributed by atoms with Gasteiger partial charge in [0.1, 0.15) is 0 Å². The second kappa shape index (κ2) is 3.44. The van der Waals surface area contributed by atoms with Crippen molar-refractivity contribution in [1.29, 1.82) is 5.26 Å². The van der Waals surface area contributed by atoms with Crippen LogP contribution in [0.2, 0.25) is 0 Å². The molecule has 1 aliphatic rings. The van der Waals surface area contributed by atoms with E-state index in [-0.39, 0.29) is 0 Å². The fourth-order valence-corrected chi connectivity index (χ4v) is 0.952. The average molecular weight is 125 g/mol. The maximum Gasteiger partial charge on any atom is 0.0635 e. The Bertz CT molecular complexity index is 110. The third-order valence-corrected chi connectivity index (χ3v) is 1.48. The first kappa shape index (κ1) is 6.53. The molecule has 1 N–H and O–H groups in total. The van der Waals surface area contributed by atoms with Gasteiger partial charge in [-0.3, -0.25) is 4.90 Å². The predicted octanol–water partition coefficient (Wildman–Crippen LogP) is -0.237. The van der Waals surface area contributed by atoms with Crippen molar-refractivity contribution in [2.45, 2.75) is 6.42 Å². The van der Waals surface area contributed by atoms with Gasteiger partial charge in [-0.15, -0.1) is 0 Å². The quantitative estimate of drug-likeness (QED) is 0.553. The highest BCUT2D eigenvalue weighted by Crippen LogP contribution is 1.92. The molecule has 3 nitrogen and oxygen atoms in total. The van der Waals surface area contributed by atoms with Crippen LogP contribution in [-0.4, -0.2) is 31.2 Å². The van der Waals surface area contributed by atoms with Gasteiger partial charge in [-0.2, -0.15) is 5.26 Å². The lowest BCUT2D eigenvalue weighted by Gasteiger charge is -2.09. The summed E-state index contributed by atoms with van der Waals surface area (Å²) >= 11 is 0. The van der Waals surface area contributed by atoms with Crippen LogP contribution in [0.5, 0.6) is 0 Å². The Morgan fingerprint density at radius 1 is 1.67 bits per heavy atom. The molecule has 0 bridgehead atoms. The van der Waals surface area contributed by atoms with E-state index in [2.05, 4.69) is 16.3 Å². The zero-order valence-electron chi connectivity index (χ0n) is 5.43. The Morgan fingerprint density at radius 3 is 3.11 bits per heavy atom. The van der Waals surface area contributed by atoms with Crippen molar-refractivity contribution in [3.63, 3.8) is 0 Å². The number of hydrogen-bond acceptors (Lipinski definition) is 3. The van der Waals surface area contributed by atoms with Crippen molar-refractivity contribution in [2.24, 2.45) is 0 Å². The normalized spacial score (nSPS) is 19.9. The van der Waals surface area contributed by atoms with E-state index >= 15 is 0 Å². The van der Waals surface area contributed by atoms with Gasteiger partial charge in [-0.1, -0.05) is 0 Å². The molecule has 0 unspecified atom stereocenters. The molecule has 0 saturated carbocycles. The molecular weight excluding hydrogens is 114 g/mol. The maximum atomic E-state index is 8.23. The molecule has 1 saturated heterocycles. The lowest BCUT2D eigenvalue weighted by molar-refractivity contribution is 0.343. The van der Waals surface area contributed by atoms with E-state index in [1.165, 1.54) is 0 Å². The van der Waals surface area contributed by atoms with Crippen molar-refractivity contribution >= 4 is 0 Å². The summed E-state index contributed by atoms with van der Waals surface area (Å²) in [6.07, 6.45) is 0.654. The number of hydrogen-bond donors (Lipinski definition) is 1. The van der Waals surface area contributed by atoms with Crippen LogP contribution in [0.25, 0.3) is 0 Å². The zero-order chi connectivity index (χ0) is 6.53. The fourth-order valence-electron chi connectivity index (χ4n) is 0.952. The van der Waals surface area contributed by atoms with Gasteiger partial charge in [0, 0.05) is 32.7 Å². The highest BCUT2D eigenvalue weighted by atomic mass is 15.3. The van der Waals surface area contributed by atoms with Crippen molar-refractivity contribution in [3.05, 3.63) is 0 Å². The molecule has 1 aliphatic heterocycles. The summed E-state index contributed by atoms with van der Waals surface area (Å²) in [6, 6.07) is 2.13. The van der Waals surface area contributed by atoms with Crippen LogP contribution in [0.4, 0.5) is 0 Å². The first-order chi connectivity index (χ1) is 4.43. The maximum absolute atomic E-state index is 8.23. The second-order valence-corrected chi connectivity index (χ2v) is 2.18. The molecule has 0 aromatic heterocycles. The molecular formula is C6H11N3. The molecule has 9 heavy (non-hydrogen) atoms. The van der Waals surface area contributed by atoms with E-state index in [0.29, 0.717) is 6.42 Å². The van der Waals surface area contributed by atoms with E-state index < -0.39 is 0 Å². The van der Waals surface area contributed by atoms with E-state index in [9.17, 15) is 0 Å². The van der Waals surface area contributed by atoms with Crippen LogP contribution in [-0.2, 0) is 0 Å². The summed E-state index contributed by atoms with van der Waals surface area (Å²) in [7, 11) is 0. The molecule has 0 radical (unpaired) electrons. The Labute approximate surface area is 55.3 Å². The first-order valence-electron chi connectivity index (χ1n) is 3.23. The average Bonchev–Trinajstić information content (AvgIpc) is 2.34. The zero-order valence-corrected chi connectivity index (χ0v) is 5.43. The van der Waals surface area contributed by atoms with E-state index in [0.717, 1.165) is 26.3 Å². The molecule has 0 aromatic carbocycles. The van der Waals surface area contributed by atoms with E-state index in [4.69, 9.17) is 5.26 Å². The van der Waals surface area contributed by atoms with Crippen LogP contribution >= 0.6 is 0 Å². The van der Waals surface area contributed by atoms with Crippen LogP contribution in [0, 0.1) is 11.3 Å². The number of nitrogens with zero attached hydrogens (tertiary/aromatic N) is 2. The summed E-state index contributed by atoms with van der Waals surface area (Å²) in [5.74, 6) is 0. The molecule has 1 heterocycles. The third-order valence-electron chi connectivity index (χ3n) is 1.48. The Kier molecular flexibility index (Phi) is 2.49. The number of rotatable bonds is 2. The summed E-state index contributed by atoms with van der Waals surface area (Å²) in [5.41, 5.74) is 0. The largest absolute Gasteiger partial charge is 0.303 e. The minimum Gasteiger partial charge on any atom is -0.303 e. The van der Waals surface area contributed by atoms with Crippen molar-refractivity contribution < 1.29 is 0 Å². The standard InChI is InChI=1S/C6H11N3/c7-2-1-4-9-5-3-8-6-9/h8H,1,3-6H2. The monoisotopic (exact) mass is 125 g/mol. The number of nitriles is 1. The summed E-state index contributed by atoms with van der Waals surface area (Å²) in [6.45, 7) is 4.05. The van der Waals surface area contributed by atoms with Crippen molar-refractivity contribution in [2.75, 3.05) is 26.3 Å². The fraction of sp³-hybridized carbons (Fsp3) is 0.833. The van der Waals surface area contributed by atoms with E-state index in [1.54, 1.807) is 0 Å². The molecule has 0 aromatic rings. The predicted molar refractivity (Wildman–Crippen MR) is 34.7 cm³/mol. The summed E-state index contributed by atoms with van der Waals surface area (Å²) in [4.78, 5) is 2.24. The van der Waals surface area contributed by atoms with Crippen molar-refractivity contribution in [1.82, 2.24) is 10.2 Å². The molecule has 0 amide bonds. The smallest absolute Gasteiger partial charge is 0.0635 e. The van der Waals surface area contributed by atoms with Gasteiger partial charge >= 0.3 is 0 Å². The minimum atomic E-state index is 0.654. The molecule has 3 heteroatoms. The van der Waals surface area contributed by atoms with Gasteiger partial charge in [-0.25, -0.2) is 0 Å². The van der Waals surface area contributed by atoms with Gasteiger partial charge in [0.05, 0.1) is 6.07 Å². The van der Waals surface area contributed by atoms with Gasteiger partial charge in [0.25, 0.3) is 0 Å². The lowest BCUT2D eigenvalue weighted by Crippen LogP contribution is -2.22. The third kappa shape index (κ3) is 2.00. The van der Waals surface area contributed by atoms with Crippen molar-refractivity contribution in [3.8, 4) is 6.07 Å². The molecule has 1 rings (SSSR count). The highest BCUT2D eigenvalue weighted by molar-refractivity contribution is 4.74. The van der Waals surface area contributed by atoms with Gasteiger partial charge in [0.2, 0.25) is 0 Å².